The number of methoxy groups -OCH3 is 4. The molecular weight excluding hydrogens is 438 g/mol. The van der Waals surface area contributed by atoms with Crippen molar-refractivity contribution in [2.75, 3.05) is 34.2 Å². The second-order valence-electron chi connectivity index (χ2n) is 7.28. The second kappa shape index (κ2) is 9.14. The van der Waals surface area contributed by atoms with Crippen molar-refractivity contribution in [2.45, 2.75) is 0 Å². The molecule has 9 heteroatoms. The quantitative estimate of drug-likeness (QED) is 0.343. The Bertz CT molecular complexity index is 1420. The highest BCUT2D eigenvalue weighted by molar-refractivity contribution is 6.07. The van der Waals surface area contributed by atoms with Gasteiger partial charge in [-0.2, -0.15) is 0 Å². The Morgan fingerprint density at radius 3 is 2.12 bits per heavy atom. The maximum atomic E-state index is 13.6. The highest BCUT2D eigenvalue weighted by atomic mass is 16.5. The molecule has 34 heavy (non-hydrogen) atoms. The third-order valence-electron chi connectivity index (χ3n) is 5.47. The van der Waals surface area contributed by atoms with Gasteiger partial charge >= 0.3 is 5.97 Å². The number of ether oxygens (including phenoxy) is 4. The SMILES string of the molecule is COC(=O)c1c(-c2cc(OC)c(OC)c(OC)c2)c2ccncc2c(=O)n1-c1ccc(N)cc1. The first-order valence-electron chi connectivity index (χ1n) is 10.2. The zero-order valence-electron chi connectivity index (χ0n) is 19.1. The predicted octanol–water partition coefficient (Wildman–Crippen LogP) is 3.45. The first-order chi connectivity index (χ1) is 16.4. The van der Waals surface area contributed by atoms with Crippen LogP contribution in [-0.4, -0.2) is 44.0 Å². The van der Waals surface area contributed by atoms with Crippen molar-refractivity contribution < 1.29 is 23.7 Å². The molecule has 0 aliphatic rings. The van der Waals surface area contributed by atoms with Gasteiger partial charge in [0.05, 0.1) is 33.8 Å². The minimum atomic E-state index is -0.698. The van der Waals surface area contributed by atoms with Crippen molar-refractivity contribution in [3.05, 3.63) is 70.9 Å². The zero-order chi connectivity index (χ0) is 24.4. The van der Waals surface area contributed by atoms with E-state index in [1.165, 1.54) is 39.2 Å². The van der Waals surface area contributed by atoms with E-state index in [9.17, 15) is 9.59 Å². The van der Waals surface area contributed by atoms with E-state index in [2.05, 4.69) is 4.98 Å². The Balaban J connectivity index is 2.22. The summed E-state index contributed by atoms with van der Waals surface area (Å²) in [4.78, 5) is 30.9. The van der Waals surface area contributed by atoms with Crippen LogP contribution in [-0.2, 0) is 4.74 Å². The van der Waals surface area contributed by atoms with Gasteiger partial charge in [0.15, 0.2) is 11.5 Å². The minimum Gasteiger partial charge on any atom is -0.493 e. The molecule has 9 nitrogen and oxygen atoms in total. The van der Waals surface area contributed by atoms with E-state index < -0.39 is 11.5 Å². The minimum absolute atomic E-state index is 0.0326. The van der Waals surface area contributed by atoms with Crippen molar-refractivity contribution in [1.29, 1.82) is 0 Å². The summed E-state index contributed by atoms with van der Waals surface area (Å²) in [6, 6.07) is 11.7. The topological polar surface area (TPSA) is 115 Å². The summed E-state index contributed by atoms with van der Waals surface area (Å²) in [6.07, 6.45) is 3.02. The van der Waals surface area contributed by atoms with Crippen molar-refractivity contribution in [3.8, 4) is 34.1 Å². The van der Waals surface area contributed by atoms with E-state index in [-0.39, 0.29) is 5.69 Å². The van der Waals surface area contributed by atoms with Crippen molar-refractivity contribution in [2.24, 2.45) is 0 Å². The third-order valence-corrected chi connectivity index (χ3v) is 5.47. The average Bonchev–Trinajstić information content (AvgIpc) is 2.87. The van der Waals surface area contributed by atoms with E-state index in [0.717, 1.165) is 0 Å². The Morgan fingerprint density at radius 1 is 0.912 bits per heavy atom. The fourth-order valence-corrected chi connectivity index (χ4v) is 3.92. The van der Waals surface area contributed by atoms with Crippen LogP contribution in [0.25, 0.3) is 27.6 Å². The number of rotatable bonds is 6. The van der Waals surface area contributed by atoms with Crippen LogP contribution in [0.4, 0.5) is 5.69 Å². The monoisotopic (exact) mass is 461 g/mol. The molecule has 2 N–H and O–H groups in total. The number of nitrogen functional groups attached to an aromatic ring is 1. The fraction of sp³-hybridized carbons (Fsp3) is 0.160. The summed E-state index contributed by atoms with van der Waals surface area (Å²) in [5.74, 6) is 0.475. The van der Waals surface area contributed by atoms with Crippen molar-refractivity contribution >= 4 is 22.4 Å². The van der Waals surface area contributed by atoms with Gasteiger partial charge in [0, 0.05) is 34.7 Å². The van der Waals surface area contributed by atoms with Crippen LogP contribution in [0.15, 0.2) is 59.7 Å². The maximum absolute atomic E-state index is 13.6. The number of aromatic nitrogens is 2. The molecule has 2 aromatic carbocycles. The number of benzene rings is 2. The van der Waals surface area contributed by atoms with E-state index in [1.54, 1.807) is 48.7 Å². The Morgan fingerprint density at radius 2 is 1.56 bits per heavy atom. The molecule has 4 aromatic rings. The molecule has 0 saturated heterocycles. The number of pyridine rings is 2. The number of nitrogens with zero attached hydrogens (tertiary/aromatic N) is 2. The molecule has 2 aromatic heterocycles. The molecule has 0 bridgehead atoms. The summed E-state index contributed by atoms with van der Waals surface area (Å²) < 4.78 is 22.9. The van der Waals surface area contributed by atoms with Crippen LogP contribution in [0, 0.1) is 0 Å². The molecule has 0 spiro atoms. The van der Waals surface area contributed by atoms with E-state index in [4.69, 9.17) is 24.7 Å². The summed E-state index contributed by atoms with van der Waals surface area (Å²) in [6.45, 7) is 0. The number of anilines is 1. The number of hydrogen-bond acceptors (Lipinski definition) is 8. The summed E-state index contributed by atoms with van der Waals surface area (Å²) in [7, 11) is 5.76. The van der Waals surface area contributed by atoms with E-state index in [0.29, 0.717) is 50.5 Å². The number of esters is 1. The molecule has 0 amide bonds. The molecule has 2 heterocycles. The third kappa shape index (κ3) is 3.66. The van der Waals surface area contributed by atoms with E-state index in [1.807, 2.05) is 0 Å². The first kappa shape index (κ1) is 22.7. The smallest absolute Gasteiger partial charge is 0.355 e. The molecule has 0 unspecified atom stereocenters. The molecule has 174 valence electrons. The standard InChI is InChI=1S/C25H23N3O6/c1-31-19-11-14(12-20(32-2)23(19)33-3)21-17-9-10-27-13-18(17)24(29)28(22(21)25(30)34-4)16-7-5-15(26)6-8-16/h5-13H,26H2,1-4H3. The Hall–Kier alpha value is -4.53. The summed E-state index contributed by atoms with van der Waals surface area (Å²) >= 11 is 0. The van der Waals surface area contributed by atoms with Crippen LogP contribution in [0.5, 0.6) is 17.2 Å². The molecule has 0 atom stereocenters. The number of carbonyl (C=O) groups is 1. The van der Waals surface area contributed by atoms with Crippen LogP contribution >= 0.6 is 0 Å². The van der Waals surface area contributed by atoms with Gasteiger partial charge in [-0.05, 0) is 48.0 Å². The largest absolute Gasteiger partial charge is 0.493 e. The number of carbonyl (C=O) groups excluding carboxylic acids is 1. The van der Waals surface area contributed by atoms with Gasteiger partial charge in [0.25, 0.3) is 5.56 Å². The van der Waals surface area contributed by atoms with Gasteiger partial charge in [-0.25, -0.2) is 4.79 Å². The number of nitrogens with two attached hydrogens (primary N) is 1. The van der Waals surface area contributed by atoms with Crippen molar-refractivity contribution in [1.82, 2.24) is 9.55 Å². The molecule has 0 aliphatic heterocycles. The Labute approximate surface area is 195 Å². The lowest BCUT2D eigenvalue weighted by Gasteiger charge is -2.20. The van der Waals surface area contributed by atoms with Crippen LogP contribution in [0.2, 0.25) is 0 Å². The lowest BCUT2D eigenvalue weighted by Crippen LogP contribution is -2.27. The number of fused-ring (bicyclic) bond motifs is 1. The van der Waals surface area contributed by atoms with Gasteiger partial charge < -0.3 is 24.7 Å². The summed E-state index contributed by atoms with van der Waals surface area (Å²) in [5.41, 5.74) is 7.40. The van der Waals surface area contributed by atoms with Crippen LogP contribution in [0.1, 0.15) is 10.5 Å². The van der Waals surface area contributed by atoms with Gasteiger partial charge in [0.2, 0.25) is 5.75 Å². The van der Waals surface area contributed by atoms with Crippen molar-refractivity contribution in [3.63, 3.8) is 0 Å². The van der Waals surface area contributed by atoms with Gasteiger partial charge in [-0.15, -0.1) is 0 Å². The van der Waals surface area contributed by atoms with E-state index >= 15 is 0 Å². The lowest BCUT2D eigenvalue weighted by molar-refractivity contribution is 0.0591. The Kier molecular flexibility index (Phi) is 6.09. The van der Waals surface area contributed by atoms with Gasteiger partial charge in [0.1, 0.15) is 5.69 Å². The molecule has 0 aliphatic carbocycles. The predicted molar refractivity (Wildman–Crippen MR) is 128 cm³/mol. The number of hydrogen-bond donors (Lipinski definition) is 1. The molecule has 0 fully saturated rings. The van der Waals surface area contributed by atoms with Crippen LogP contribution in [0.3, 0.4) is 0 Å². The molecule has 4 rings (SSSR count). The van der Waals surface area contributed by atoms with Gasteiger partial charge in [-0.1, -0.05) is 0 Å². The molecule has 0 saturated carbocycles. The highest BCUT2D eigenvalue weighted by Gasteiger charge is 2.27. The zero-order valence-corrected chi connectivity index (χ0v) is 19.1. The van der Waals surface area contributed by atoms with Crippen LogP contribution < -0.4 is 25.5 Å². The molecular formula is C25H23N3O6. The fourth-order valence-electron chi connectivity index (χ4n) is 3.92. The summed E-state index contributed by atoms with van der Waals surface area (Å²) in [5, 5.41) is 0.831. The first-order valence-corrected chi connectivity index (χ1v) is 10.2. The normalized spacial score (nSPS) is 10.7. The maximum Gasteiger partial charge on any atom is 0.355 e. The highest BCUT2D eigenvalue weighted by Crippen LogP contribution is 2.43. The average molecular weight is 461 g/mol. The molecule has 0 radical (unpaired) electrons. The van der Waals surface area contributed by atoms with Gasteiger partial charge in [-0.3, -0.25) is 14.3 Å². The second-order valence-corrected chi connectivity index (χ2v) is 7.28. The lowest BCUT2D eigenvalue weighted by atomic mass is 9.96.